The number of methoxy groups -OCH3 is 1. The average Bonchev–Trinajstić information content (AvgIpc) is 2.27. The molecule has 0 heterocycles. The van der Waals surface area contributed by atoms with Crippen LogP contribution in [0.3, 0.4) is 0 Å². The van der Waals surface area contributed by atoms with Gasteiger partial charge in [0.05, 0.1) is 12.7 Å². The summed E-state index contributed by atoms with van der Waals surface area (Å²) in [4.78, 5) is 0. The molecule has 1 atom stereocenters. The SMILES string of the molecule is COCc1cccc(OC(C)CCCN)c1. The second kappa shape index (κ2) is 7.25. The summed E-state index contributed by atoms with van der Waals surface area (Å²) in [5.74, 6) is 0.902. The van der Waals surface area contributed by atoms with Crippen molar-refractivity contribution in [1.29, 1.82) is 0 Å². The summed E-state index contributed by atoms with van der Waals surface area (Å²) < 4.78 is 10.9. The Morgan fingerprint density at radius 2 is 2.19 bits per heavy atom. The van der Waals surface area contributed by atoms with E-state index in [4.69, 9.17) is 15.2 Å². The van der Waals surface area contributed by atoms with Crippen molar-refractivity contribution in [2.45, 2.75) is 32.5 Å². The van der Waals surface area contributed by atoms with Crippen LogP contribution in [0.25, 0.3) is 0 Å². The van der Waals surface area contributed by atoms with Gasteiger partial charge in [-0.3, -0.25) is 0 Å². The summed E-state index contributed by atoms with van der Waals surface area (Å²) in [5.41, 5.74) is 6.59. The second-order valence-electron chi connectivity index (χ2n) is 3.94. The highest BCUT2D eigenvalue weighted by Crippen LogP contribution is 2.16. The first-order chi connectivity index (χ1) is 7.76. The van der Waals surface area contributed by atoms with Gasteiger partial charge in [0.1, 0.15) is 5.75 Å². The van der Waals surface area contributed by atoms with Crippen LogP contribution in [-0.4, -0.2) is 19.8 Å². The number of ether oxygens (including phenoxy) is 2. The van der Waals surface area contributed by atoms with Gasteiger partial charge in [-0.25, -0.2) is 0 Å². The van der Waals surface area contributed by atoms with Gasteiger partial charge in [-0.1, -0.05) is 12.1 Å². The highest BCUT2D eigenvalue weighted by Gasteiger charge is 2.03. The summed E-state index contributed by atoms with van der Waals surface area (Å²) in [6.07, 6.45) is 2.20. The molecular weight excluding hydrogens is 202 g/mol. The molecule has 0 saturated carbocycles. The van der Waals surface area contributed by atoms with Crippen molar-refractivity contribution in [3.63, 3.8) is 0 Å². The summed E-state index contributed by atoms with van der Waals surface area (Å²) in [5, 5.41) is 0. The van der Waals surface area contributed by atoms with Crippen molar-refractivity contribution in [3.8, 4) is 5.75 Å². The summed E-state index contributed by atoms with van der Waals surface area (Å²) in [6.45, 7) is 3.41. The molecule has 1 aromatic carbocycles. The number of nitrogens with two attached hydrogens (primary N) is 1. The molecule has 1 rings (SSSR count). The van der Waals surface area contributed by atoms with Crippen molar-refractivity contribution >= 4 is 0 Å². The highest BCUT2D eigenvalue weighted by molar-refractivity contribution is 5.28. The van der Waals surface area contributed by atoms with E-state index in [1.54, 1.807) is 7.11 Å². The maximum absolute atomic E-state index is 5.79. The van der Waals surface area contributed by atoms with Gasteiger partial charge in [0.25, 0.3) is 0 Å². The Balaban J connectivity index is 2.49. The molecule has 1 aromatic rings. The van der Waals surface area contributed by atoms with Crippen LogP contribution in [0.2, 0.25) is 0 Å². The molecule has 0 aliphatic rings. The van der Waals surface area contributed by atoms with Crippen molar-refractivity contribution < 1.29 is 9.47 Å². The quantitative estimate of drug-likeness (QED) is 0.771. The van der Waals surface area contributed by atoms with Crippen molar-refractivity contribution in [3.05, 3.63) is 29.8 Å². The van der Waals surface area contributed by atoms with Crippen LogP contribution in [0.15, 0.2) is 24.3 Å². The Bertz CT molecular complexity index is 302. The standard InChI is InChI=1S/C13H21NO2/c1-11(5-4-8-14)16-13-7-3-6-12(9-13)10-15-2/h3,6-7,9,11H,4-5,8,10,14H2,1-2H3. The summed E-state index contributed by atoms with van der Waals surface area (Å²) >= 11 is 0. The Labute approximate surface area is 97.6 Å². The highest BCUT2D eigenvalue weighted by atomic mass is 16.5. The van der Waals surface area contributed by atoms with Crippen molar-refractivity contribution in [1.82, 2.24) is 0 Å². The van der Waals surface area contributed by atoms with Crippen LogP contribution in [-0.2, 0) is 11.3 Å². The minimum absolute atomic E-state index is 0.210. The fourth-order valence-electron chi connectivity index (χ4n) is 1.57. The van der Waals surface area contributed by atoms with Crippen molar-refractivity contribution in [2.24, 2.45) is 5.73 Å². The molecule has 0 aliphatic heterocycles. The minimum Gasteiger partial charge on any atom is -0.491 e. The second-order valence-corrected chi connectivity index (χ2v) is 3.94. The van der Waals surface area contributed by atoms with Gasteiger partial charge in [-0.2, -0.15) is 0 Å². The maximum Gasteiger partial charge on any atom is 0.120 e. The molecule has 90 valence electrons. The van der Waals surface area contributed by atoms with Crippen LogP contribution in [0.1, 0.15) is 25.3 Å². The Morgan fingerprint density at radius 1 is 1.38 bits per heavy atom. The lowest BCUT2D eigenvalue weighted by molar-refractivity contribution is 0.182. The first-order valence-electron chi connectivity index (χ1n) is 5.71. The average molecular weight is 223 g/mol. The van der Waals surface area contributed by atoms with E-state index in [-0.39, 0.29) is 6.10 Å². The van der Waals surface area contributed by atoms with Crippen LogP contribution >= 0.6 is 0 Å². The first-order valence-corrected chi connectivity index (χ1v) is 5.71. The van der Waals surface area contributed by atoms with Gasteiger partial charge in [-0.05, 0) is 44.0 Å². The molecule has 0 spiro atoms. The molecule has 0 bridgehead atoms. The van der Waals surface area contributed by atoms with Gasteiger partial charge in [-0.15, -0.1) is 0 Å². The van der Waals surface area contributed by atoms with E-state index < -0.39 is 0 Å². The molecule has 2 N–H and O–H groups in total. The molecule has 1 unspecified atom stereocenters. The zero-order chi connectivity index (χ0) is 11.8. The molecule has 3 heteroatoms. The maximum atomic E-state index is 5.79. The topological polar surface area (TPSA) is 44.5 Å². The number of hydrogen-bond acceptors (Lipinski definition) is 3. The van der Waals surface area contributed by atoms with E-state index >= 15 is 0 Å². The minimum atomic E-state index is 0.210. The van der Waals surface area contributed by atoms with E-state index in [1.165, 1.54) is 0 Å². The lowest BCUT2D eigenvalue weighted by Crippen LogP contribution is -2.14. The lowest BCUT2D eigenvalue weighted by atomic mass is 10.2. The molecule has 16 heavy (non-hydrogen) atoms. The van der Waals surface area contributed by atoms with Gasteiger partial charge in [0, 0.05) is 7.11 Å². The molecule has 0 fully saturated rings. The Hall–Kier alpha value is -1.06. The molecule has 0 radical (unpaired) electrons. The number of benzene rings is 1. The molecule has 0 aromatic heterocycles. The largest absolute Gasteiger partial charge is 0.491 e. The Morgan fingerprint density at radius 3 is 2.88 bits per heavy atom. The number of hydrogen-bond donors (Lipinski definition) is 1. The Kier molecular flexibility index (Phi) is 5.90. The normalized spacial score (nSPS) is 12.4. The lowest BCUT2D eigenvalue weighted by Gasteiger charge is -2.14. The fourth-order valence-corrected chi connectivity index (χ4v) is 1.57. The third kappa shape index (κ3) is 4.64. The summed E-state index contributed by atoms with van der Waals surface area (Å²) in [6, 6.07) is 8.00. The molecule has 0 aliphatic carbocycles. The van der Waals surface area contributed by atoms with Crippen LogP contribution in [0.5, 0.6) is 5.75 Å². The van der Waals surface area contributed by atoms with Gasteiger partial charge in [0.2, 0.25) is 0 Å². The van der Waals surface area contributed by atoms with E-state index in [9.17, 15) is 0 Å². The van der Waals surface area contributed by atoms with Crippen LogP contribution < -0.4 is 10.5 Å². The third-order valence-corrected chi connectivity index (χ3v) is 2.36. The van der Waals surface area contributed by atoms with Gasteiger partial charge >= 0.3 is 0 Å². The van der Waals surface area contributed by atoms with E-state index in [0.29, 0.717) is 6.61 Å². The predicted molar refractivity (Wildman–Crippen MR) is 65.5 cm³/mol. The van der Waals surface area contributed by atoms with Gasteiger partial charge in [0.15, 0.2) is 0 Å². The predicted octanol–water partition coefficient (Wildman–Crippen LogP) is 2.34. The summed E-state index contributed by atoms with van der Waals surface area (Å²) in [7, 11) is 1.69. The zero-order valence-corrected chi connectivity index (χ0v) is 10.1. The van der Waals surface area contributed by atoms with Crippen LogP contribution in [0.4, 0.5) is 0 Å². The van der Waals surface area contributed by atoms with E-state index in [1.807, 2.05) is 24.3 Å². The van der Waals surface area contributed by atoms with E-state index in [2.05, 4.69) is 6.92 Å². The number of rotatable bonds is 7. The molecule has 3 nitrogen and oxygen atoms in total. The van der Waals surface area contributed by atoms with Gasteiger partial charge < -0.3 is 15.2 Å². The molecular formula is C13H21NO2. The third-order valence-electron chi connectivity index (χ3n) is 2.36. The zero-order valence-electron chi connectivity index (χ0n) is 10.1. The smallest absolute Gasteiger partial charge is 0.120 e. The van der Waals surface area contributed by atoms with Crippen LogP contribution in [0, 0.1) is 0 Å². The monoisotopic (exact) mass is 223 g/mol. The van der Waals surface area contributed by atoms with Crippen molar-refractivity contribution in [2.75, 3.05) is 13.7 Å². The molecule has 0 saturated heterocycles. The fraction of sp³-hybridized carbons (Fsp3) is 0.538. The van der Waals surface area contributed by atoms with E-state index in [0.717, 1.165) is 30.7 Å². The molecule has 0 amide bonds. The first kappa shape index (κ1) is 13.0.